The van der Waals surface area contributed by atoms with Gasteiger partial charge in [-0.2, -0.15) is 0 Å². The molecule has 20 heavy (non-hydrogen) atoms. The van der Waals surface area contributed by atoms with Crippen molar-refractivity contribution in [3.8, 4) is 5.88 Å². The van der Waals surface area contributed by atoms with E-state index in [2.05, 4.69) is 4.98 Å². The lowest BCUT2D eigenvalue weighted by Gasteiger charge is -2.28. The van der Waals surface area contributed by atoms with Crippen molar-refractivity contribution in [1.29, 1.82) is 0 Å². The van der Waals surface area contributed by atoms with Gasteiger partial charge in [-0.3, -0.25) is 0 Å². The van der Waals surface area contributed by atoms with E-state index in [1.54, 1.807) is 0 Å². The fourth-order valence-corrected chi connectivity index (χ4v) is 2.88. The van der Waals surface area contributed by atoms with Gasteiger partial charge in [-0.15, -0.1) is 12.4 Å². The second-order valence-corrected chi connectivity index (χ2v) is 7.21. The standard InChI is InChI=1S/C12H21N3O3S.ClH/c1-12(2,8-13)9-15(3)19(16,17)10-5-6-11(18-4)14-7-10;/h5-7H,8-9,13H2,1-4H3;1H. The Morgan fingerprint density at radius 3 is 2.40 bits per heavy atom. The first-order valence-corrected chi connectivity index (χ1v) is 7.33. The summed E-state index contributed by atoms with van der Waals surface area (Å²) in [6.45, 7) is 4.60. The highest BCUT2D eigenvalue weighted by atomic mass is 35.5. The van der Waals surface area contributed by atoms with Crippen LogP contribution < -0.4 is 10.5 Å². The number of nitrogens with two attached hydrogens (primary N) is 1. The van der Waals surface area contributed by atoms with Crippen LogP contribution in [0.15, 0.2) is 23.2 Å². The van der Waals surface area contributed by atoms with Crippen LogP contribution in [0.5, 0.6) is 5.88 Å². The van der Waals surface area contributed by atoms with E-state index in [1.165, 1.54) is 36.8 Å². The lowest BCUT2D eigenvalue weighted by Crippen LogP contribution is -2.39. The Morgan fingerprint density at radius 2 is 2.00 bits per heavy atom. The molecule has 1 aromatic rings. The van der Waals surface area contributed by atoms with Crippen LogP contribution in [0.1, 0.15) is 13.8 Å². The fourth-order valence-electron chi connectivity index (χ4n) is 1.57. The average molecular weight is 324 g/mol. The van der Waals surface area contributed by atoms with E-state index in [-0.39, 0.29) is 22.7 Å². The first-order chi connectivity index (χ1) is 8.73. The number of methoxy groups -OCH3 is 1. The number of nitrogens with zero attached hydrogens (tertiary/aromatic N) is 2. The number of hydrogen-bond donors (Lipinski definition) is 1. The van der Waals surface area contributed by atoms with Crippen molar-refractivity contribution in [2.24, 2.45) is 11.1 Å². The molecule has 0 aliphatic heterocycles. The van der Waals surface area contributed by atoms with Crippen LogP contribution in [0, 0.1) is 5.41 Å². The van der Waals surface area contributed by atoms with Crippen LogP contribution in [-0.4, -0.2) is 45.0 Å². The van der Waals surface area contributed by atoms with Gasteiger partial charge >= 0.3 is 0 Å². The molecule has 0 radical (unpaired) electrons. The lowest BCUT2D eigenvalue weighted by molar-refractivity contribution is 0.292. The second-order valence-electron chi connectivity index (χ2n) is 5.17. The van der Waals surface area contributed by atoms with Crippen LogP contribution >= 0.6 is 12.4 Å². The third kappa shape index (κ3) is 4.59. The molecule has 1 aromatic heterocycles. The van der Waals surface area contributed by atoms with Gasteiger partial charge in [-0.1, -0.05) is 13.8 Å². The maximum absolute atomic E-state index is 12.3. The summed E-state index contributed by atoms with van der Waals surface area (Å²) < 4.78 is 30.9. The summed E-state index contributed by atoms with van der Waals surface area (Å²) in [5.74, 6) is 0.379. The average Bonchev–Trinajstić information content (AvgIpc) is 2.38. The summed E-state index contributed by atoms with van der Waals surface area (Å²) in [4.78, 5) is 4.05. The molecule has 1 rings (SSSR count). The molecule has 8 heteroatoms. The molecule has 0 fully saturated rings. The van der Waals surface area contributed by atoms with Crippen molar-refractivity contribution in [3.63, 3.8) is 0 Å². The minimum Gasteiger partial charge on any atom is -0.481 e. The van der Waals surface area contributed by atoms with E-state index in [0.717, 1.165) is 0 Å². The first kappa shape index (κ1) is 19.1. The number of ether oxygens (including phenoxy) is 1. The molecular formula is C12H22ClN3O3S. The van der Waals surface area contributed by atoms with Gasteiger partial charge in [0, 0.05) is 19.7 Å². The van der Waals surface area contributed by atoms with Gasteiger partial charge in [0.2, 0.25) is 15.9 Å². The van der Waals surface area contributed by atoms with E-state index in [0.29, 0.717) is 19.0 Å². The summed E-state index contributed by atoms with van der Waals surface area (Å²) in [6, 6.07) is 3.00. The summed E-state index contributed by atoms with van der Waals surface area (Å²) in [7, 11) is -0.530. The van der Waals surface area contributed by atoms with Crippen molar-refractivity contribution in [2.45, 2.75) is 18.7 Å². The molecule has 0 saturated heterocycles. The van der Waals surface area contributed by atoms with Crippen molar-refractivity contribution >= 4 is 22.4 Å². The number of rotatable bonds is 6. The lowest BCUT2D eigenvalue weighted by atomic mass is 9.94. The highest BCUT2D eigenvalue weighted by molar-refractivity contribution is 7.89. The van der Waals surface area contributed by atoms with Gasteiger partial charge in [0.25, 0.3) is 0 Å². The molecule has 116 valence electrons. The van der Waals surface area contributed by atoms with Gasteiger partial charge in [-0.25, -0.2) is 17.7 Å². The highest BCUT2D eigenvalue weighted by Gasteiger charge is 2.27. The molecular weight excluding hydrogens is 302 g/mol. The van der Waals surface area contributed by atoms with Gasteiger partial charge in [0.15, 0.2) is 0 Å². The molecule has 0 aromatic carbocycles. The Balaban J connectivity index is 0.00000361. The largest absolute Gasteiger partial charge is 0.481 e. The summed E-state index contributed by atoms with van der Waals surface area (Å²) in [5, 5.41) is 0. The van der Waals surface area contributed by atoms with Gasteiger partial charge in [0.05, 0.1) is 13.3 Å². The van der Waals surface area contributed by atoms with E-state index in [4.69, 9.17) is 10.5 Å². The molecule has 0 bridgehead atoms. The summed E-state index contributed by atoms with van der Waals surface area (Å²) >= 11 is 0. The van der Waals surface area contributed by atoms with Crippen molar-refractivity contribution in [1.82, 2.24) is 9.29 Å². The normalized spacial score (nSPS) is 12.1. The van der Waals surface area contributed by atoms with Crippen LogP contribution in [0.4, 0.5) is 0 Å². The Kier molecular flexibility index (Phi) is 6.89. The van der Waals surface area contributed by atoms with Crippen molar-refractivity contribution in [2.75, 3.05) is 27.2 Å². The number of hydrogen-bond acceptors (Lipinski definition) is 5. The molecule has 2 N–H and O–H groups in total. The maximum atomic E-state index is 12.3. The minimum atomic E-state index is -3.55. The highest BCUT2D eigenvalue weighted by Crippen LogP contribution is 2.21. The molecule has 0 amide bonds. The van der Waals surface area contributed by atoms with Gasteiger partial charge in [-0.05, 0) is 18.0 Å². The van der Waals surface area contributed by atoms with Crippen LogP contribution in [0.25, 0.3) is 0 Å². The zero-order valence-electron chi connectivity index (χ0n) is 12.2. The number of pyridine rings is 1. The number of aromatic nitrogens is 1. The molecule has 0 atom stereocenters. The fraction of sp³-hybridized carbons (Fsp3) is 0.583. The van der Waals surface area contributed by atoms with Crippen LogP contribution in [-0.2, 0) is 10.0 Å². The minimum absolute atomic E-state index is 0. The Bertz CT molecular complexity index is 517. The Hall–Kier alpha value is -0.890. The smallest absolute Gasteiger partial charge is 0.244 e. The quantitative estimate of drug-likeness (QED) is 0.847. The number of halogens is 1. The first-order valence-electron chi connectivity index (χ1n) is 5.89. The van der Waals surface area contributed by atoms with Crippen molar-refractivity contribution < 1.29 is 13.2 Å². The van der Waals surface area contributed by atoms with E-state index in [9.17, 15) is 8.42 Å². The SMILES string of the molecule is COc1ccc(S(=O)(=O)N(C)CC(C)(C)CN)cn1.Cl. The van der Waals surface area contributed by atoms with E-state index < -0.39 is 10.0 Å². The molecule has 1 heterocycles. The number of sulfonamides is 1. The van der Waals surface area contributed by atoms with E-state index >= 15 is 0 Å². The molecule has 6 nitrogen and oxygen atoms in total. The zero-order valence-corrected chi connectivity index (χ0v) is 13.8. The van der Waals surface area contributed by atoms with Crippen LogP contribution in [0.3, 0.4) is 0 Å². The zero-order chi connectivity index (χ0) is 14.7. The third-order valence-electron chi connectivity index (χ3n) is 2.83. The Morgan fingerprint density at radius 1 is 1.40 bits per heavy atom. The molecule has 0 unspecified atom stereocenters. The Labute approximate surface area is 126 Å². The maximum Gasteiger partial charge on any atom is 0.244 e. The predicted molar refractivity (Wildman–Crippen MR) is 80.7 cm³/mol. The van der Waals surface area contributed by atoms with Crippen molar-refractivity contribution in [3.05, 3.63) is 18.3 Å². The van der Waals surface area contributed by atoms with Gasteiger partial charge < -0.3 is 10.5 Å². The summed E-state index contributed by atoms with van der Waals surface area (Å²) in [5.41, 5.74) is 5.35. The third-order valence-corrected chi connectivity index (χ3v) is 4.62. The molecule has 0 aliphatic carbocycles. The molecule has 0 aliphatic rings. The molecule has 0 spiro atoms. The second kappa shape index (κ2) is 7.21. The topological polar surface area (TPSA) is 85.5 Å². The van der Waals surface area contributed by atoms with Gasteiger partial charge in [0.1, 0.15) is 4.90 Å². The molecule has 0 saturated carbocycles. The van der Waals surface area contributed by atoms with Crippen LogP contribution in [0.2, 0.25) is 0 Å². The van der Waals surface area contributed by atoms with E-state index in [1.807, 2.05) is 13.8 Å². The summed E-state index contributed by atoms with van der Waals surface area (Å²) in [6.07, 6.45) is 1.29. The monoisotopic (exact) mass is 323 g/mol. The predicted octanol–water partition coefficient (Wildman–Crippen LogP) is 1.12.